The third-order valence-electron chi connectivity index (χ3n) is 2.31. The summed E-state index contributed by atoms with van der Waals surface area (Å²) in [7, 11) is -4.48. The van der Waals surface area contributed by atoms with Crippen LogP contribution >= 0.6 is 7.82 Å². The van der Waals surface area contributed by atoms with Gasteiger partial charge in [0.15, 0.2) is 6.29 Å². The normalized spacial score (nSPS) is 55.3. The first-order chi connectivity index (χ1) is 6.94. The molecule has 2 aliphatic heterocycles. The van der Waals surface area contributed by atoms with E-state index in [2.05, 4.69) is 9.05 Å². The molecule has 2 rings (SSSR count). The molecule has 9 heteroatoms. The van der Waals surface area contributed by atoms with Gasteiger partial charge >= 0.3 is 0 Å². The van der Waals surface area contributed by atoms with E-state index < -0.39 is 45.1 Å². The van der Waals surface area contributed by atoms with Crippen LogP contribution in [0.15, 0.2) is 0 Å². The van der Waals surface area contributed by atoms with E-state index in [0.29, 0.717) is 0 Å². The van der Waals surface area contributed by atoms with Gasteiger partial charge in [-0.05, 0) is 0 Å². The number of aliphatic hydroxyl groups excluding tert-OH is 3. The molecule has 0 aliphatic carbocycles. The molecule has 0 aromatic heterocycles. The number of hydrogen-bond acceptors (Lipinski definition) is 8. The Morgan fingerprint density at radius 1 is 1.27 bits per heavy atom. The van der Waals surface area contributed by atoms with Gasteiger partial charge in [0.1, 0.15) is 24.4 Å². The van der Waals surface area contributed by atoms with Gasteiger partial charge in [-0.3, -0.25) is 9.09 Å². The summed E-state index contributed by atoms with van der Waals surface area (Å²) in [4.78, 5) is 10.9. The summed E-state index contributed by atoms with van der Waals surface area (Å²) in [5, 5.41) is 27.7. The molecule has 0 bridgehead atoms. The molecule has 3 N–H and O–H groups in total. The first-order valence-corrected chi connectivity index (χ1v) is 5.71. The first kappa shape index (κ1) is 11.4. The van der Waals surface area contributed by atoms with Gasteiger partial charge in [0.05, 0.1) is 6.61 Å². The average Bonchev–Trinajstić information content (AvgIpc) is 2.47. The van der Waals surface area contributed by atoms with Crippen molar-refractivity contribution < 1.29 is 38.6 Å². The standard InChI is InChI=1S/C6H11O8P/c7-1-2-3(8)4(9)5-6(12-2)14-15(10,11)13-5/h2-9H,1H2,(H,10,11)/p-1/t2-,3+,4+,5-,6?/m1/s1. The maximum absolute atomic E-state index is 10.9. The van der Waals surface area contributed by atoms with Gasteiger partial charge in [-0.2, -0.15) is 0 Å². The lowest BCUT2D eigenvalue weighted by Crippen LogP contribution is -2.57. The lowest BCUT2D eigenvalue weighted by molar-refractivity contribution is -0.252. The molecule has 15 heavy (non-hydrogen) atoms. The number of hydrogen-bond donors (Lipinski definition) is 3. The van der Waals surface area contributed by atoms with Gasteiger partial charge in [-0.25, -0.2) is 0 Å². The Morgan fingerprint density at radius 2 is 1.93 bits per heavy atom. The molecule has 0 amide bonds. The van der Waals surface area contributed by atoms with Crippen LogP contribution in [0.3, 0.4) is 0 Å². The topological polar surface area (TPSA) is 129 Å². The number of rotatable bonds is 1. The molecular formula is C6H10O8P-. The van der Waals surface area contributed by atoms with Crippen molar-refractivity contribution in [3.8, 4) is 0 Å². The van der Waals surface area contributed by atoms with E-state index in [1.165, 1.54) is 0 Å². The highest BCUT2D eigenvalue weighted by molar-refractivity contribution is 7.46. The molecule has 0 radical (unpaired) electrons. The molecule has 2 aliphatic rings. The highest BCUT2D eigenvalue weighted by Crippen LogP contribution is 2.51. The summed E-state index contributed by atoms with van der Waals surface area (Å²) >= 11 is 0. The van der Waals surface area contributed by atoms with Crippen LogP contribution in [0.5, 0.6) is 0 Å². The van der Waals surface area contributed by atoms with Crippen LogP contribution in [0, 0.1) is 0 Å². The minimum absolute atomic E-state index is 0.562. The largest absolute Gasteiger partial charge is 0.756 e. The predicted molar refractivity (Wildman–Crippen MR) is 41.3 cm³/mol. The molecule has 0 saturated carbocycles. The van der Waals surface area contributed by atoms with Crippen molar-refractivity contribution >= 4 is 7.82 Å². The molecular weight excluding hydrogens is 231 g/mol. The van der Waals surface area contributed by atoms with E-state index in [-0.39, 0.29) is 0 Å². The van der Waals surface area contributed by atoms with Gasteiger partial charge in [0.2, 0.25) is 0 Å². The van der Waals surface area contributed by atoms with Gasteiger partial charge in [0, 0.05) is 0 Å². The van der Waals surface area contributed by atoms with Crippen molar-refractivity contribution in [2.24, 2.45) is 0 Å². The number of phosphoric acid groups is 1. The molecule has 2 saturated heterocycles. The fourth-order valence-electron chi connectivity index (χ4n) is 1.55. The average molecular weight is 241 g/mol. The van der Waals surface area contributed by atoms with E-state index >= 15 is 0 Å². The second-order valence-electron chi connectivity index (χ2n) is 3.33. The predicted octanol–water partition coefficient (Wildman–Crippen LogP) is -2.69. The zero-order valence-corrected chi connectivity index (χ0v) is 8.32. The second-order valence-corrected chi connectivity index (χ2v) is 4.65. The first-order valence-electron chi connectivity index (χ1n) is 4.25. The SMILES string of the molecule is O=P1([O-])OC2O[C@H](CO)[C@H](O)[C@H](O)[C@H]2O1. The summed E-state index contributed by atoms with van der Waals surface area (Å²) in [6.07, 6.45) is -6.60. The van der Waals surface area contributed by atoms with Crippen molar-refractivity contribution in [3.63, 3.8) is 0 Å². The Kier molecular flexibility index (Phi) is 2.87. The molecule has 6 atom stereocenters. The van der Waals surface area contributed by atoms with E-state index in [4.69, 9.17) is 9.84 Å². The number of fused-ring (bicyclic) bond motifs is 1. The monoisotopic (exact) mass is 241 g/mol. The van der Waals surface area contributed by atoms with Crippen molar-refractivity contribution in [1.29, 1.82) is 0 Å². The van der Waals surface area contributed by atoms with Crippen LogP contribution in [0.4, 0.5) is 0 Å². The van der Waals surface area contributed by atoms with Gasteiger partial charge in [0.25, 0.3) is 7.82 Å². The van der Waals surface area contributed by atoms with Crippen molar-refractivity contribution in [1.82, 2.24) is 0 Å². The van der Waals surface area contributed by atoms with E-state index in [1.54, 1.807) is 0 Å². The van der Waals surface area contributed by atoms with Crippen LogP contribution in [0.2, 0.25) is 0 Å². The lowest BCUT2D eigenvalue weighted by atomic mass is 10.00. The van der Waals surface area contributed by atoms with E-state index in [9.17, 15) is 19.7 Å². The summed E-state index contributed by atoms with van der Waals surface area (Å²) in [6.45, 7) is -0.562. The number of aliphatic hydroxyl groups is 3. The summed E-state index contributed by atoms with van der Waals surface area (Å²) in [6, 6.07) is 0. The van der Waals surface area contributed by atoms with E-state index in [0.717, 1.165) is 0 Å². The Balaban J connectivity index is 2.17. The quantitative estimate of drug-likeness (QED) is 0.423. The minimum Gasteiger partial charge on any atom is -0.756 e. The molecule has 2 unspecified atom stereocenters. The maximum Gasteiger partial charge on any atom is 0.270 e. The van der Waals surface area contributed by atoms with Crippen LogP contribution in [-0.2, 0) is 18.3 Å². The zero-order valence-electron chi connectivity index (χ0n) is 7.42. The molecule has 2 heterocycles. The second kappa shape index (κ2) is 3.76. The molecule has 0 aromatic rings. The lowest BCUT2D eigenvalue weighted by Gasteiger charge is -2.36. The molecule has 0 aromatic carbocycles. The number of phosphoric ester groups is 1. The van der Waals surface area contributed by atoms with Crippen molar-refractivity contribution in [2.75, 3.05) is 6.61 Å². The highest BCUT2D eigenvalue weighted by Gasteiger charge is 2.52. The maximum atomic E-state index is 10.9. The van der Waals surface area contributed by atoms with Gasteiger partial charge in [-0.15, -0.1) is 0 Å². The van der Waals surface area contributed by atoms with Crippen molar-refractivity contribution in [3.05, 3.63) is 0 Å². The Morgan fingerprint density at radius 3 is 2.53 bits per heavy atom. The summed E-state index contributed by atoms with van der Waals surface area (Å²) < 4.78 is 24.6. The molecule has 2 fully saturated rings. The van der Waals surface area contributed by atoms with Crippen LogP contribution in [0.25, 0.3) is 0 Å². The molecule has 8 nitrogen and oxygen atoms in total. The fraction of sp³-hybridized carbons (Fsp3) is 1.00. The van der Waals surface area contributed by atoms with E-state index in [1.807, 2.05) is 0 Å². The summed E-state index contributed by atoms with van der Waals surface area (Å²) in [5.41, 5.74) is 0. The zero-order chi connectivity index (χ0) is 11.2. The Bertz CT molecular complexity index is 295. The third-order valence-corrected chi connectivity index (χ3v) is 3.28. The van der Waals surface area contributed by atoms with Crippen LogP contribution in [0.1, 0.15) is 0 Å². The Labute approximate surface area is 84.6 Å². The molecule has 0 spiro atoms. The number of ether oxygens (including phenoxy) is 1. The Hall–Kier alpha value is -0.0500. The highest BCUT2D eigenvalue weighted by atomic mass is 31.2. The smallest absolute Gasteiger partial charge is 0.270 e. The fourth-order valence-corrected chi connectivity index (χ4v) is 2.55. The van der Waals surface area contributed by atoms with Crippen LogP contribution < -0.4 is 4.89 Å². The van der Waals surface area contributed by atoms with Crippen LogP contribution in [-0.4, -0.2) is 52.6 Å². The molecule has 88 valence electrons. The van der Waals surface area contributed by atoms with Gasteiger partial charge in [-0.1, -0.05) is 0 Å². The summed E-state index contributed by atoms with van der Waals surface area (Å²) in [5.74, 6) is 0. The van der Waals surface area contributed by atoms with Gasteiger partial charge < -0.3 is 29.5 Å². The minimum atomic E-state index is -4.48. The third kappa shape index (κ3) is 1.95. The van der Waals surface area contributed by atoms with Crippen molar-refractivity contribution in [2.45, 2.75) is 30.7 Å².